The first kappa shape index (κ1) is 28.0. The third-order valence-electron chi connectivity index (χ3n) is 6.68. The first-order valence-electron chi connectivity index (χ1n) is 11.2. The van der Waals surface area contributed by atoms with Crippen LogP contribution in [0.2, 0.25) is 0 Å². The van der Waals surface area contributed by atoms with Gasteiger partial charge in [0.25, 0.3) is 0 Å². The summed E-state index contributed by atoms with van der Waals surface area (Å²) in [4.78, 5) is 0. The molecule has 2 heterocycles. The number of rotatable bonds is 7. The highest BCUT2D eigenvalue weighted by Crippen LogP contribution is 2.32. The van der Waals surface area contributed by atoms with Crippen molar-refractivity contribution in [3.05, 3.63) is 0 Å². The normalized spacial score (nSPS) is 51.9. The molecule has 3 rings (SSSR count). The lowest BCUT2D eigenvalue weighted by Crippen LogP contribution is -2.68. The summed E-state index contributed by atoms with van der Waals surface area (Å²) < 4.78 is 22.7. The molecule has 8 unspecified atom stereocenters. The molecule has 15 heteroatoms. The summed E-state index contributed by atoms with van der Waals surface area (Å²) in [6, 6.07) is -3.60. The van der Waals surface area contributed by atoms with Gasteiger partial charge in [0.2, 0.25) is 0 Å². The first-order valence-corrected chi connectivity index (χ1v) is 11.2. The summed E-state index contributed by atoms with van der Waals surface area (Å²) in [5.74, 6) is 0. The minimum Gasteiger partial charge on any atom is -0.394 e. The summed E-state index contributed by atoms with van der Waals surface area (Å²) in [5, 5.41) is 71.0. The molecule has 0 radical (unpaired) electrons. The number of hydrogen-bond donors (Lipinski definition) is 11. The molecule has 0 spiro atoms. The van der Waals surface area contributed by atoms with Crippen LogP contribution in [0.15, 0.2) is 0 Å². The van der Waals surface area contributed by atoms with Crippen molar-refractivity contribution in [2.24, 2.45) is 22.9 Å². The second kappa shape index (κ2) is 11.2. The molecule has 200 valence electrons. The fraction of sp³-hybridized carbons (Fsp3) is 1.00. The topological polar surface area (TPSA) is 283 Å². The van der Waals surface area contributed by atoms with Crippen LogP contribution in [0.4, 0.5) is 0 Å². The molecule has 34 heavy (non-hydrogen) atoms. The Bertz CT molecular complexity index is 666. The Morgan fingerprint density at radius 1 is 0.794 bits per heavy atom. The van der Waals surface area contributed by atoms with Crippen molar-refractivity contribution < 1.29 is 54.7 Å². The van der Waals surface area contributed by atoms with Crippen LogP contribution in [-0.4, -0.2) is 140 Å². The predicted octanol–water partition coefficient (Wildman–Crippen LogP) is -6.90. The van der Waals surface area contributed by atoms with E-state index in [9.17, 15) is 35.7 Å². The molecule has 0 amide bonds. The van der Waals surface area contributed by atoms with Crippen LogP contribution >= 0.6 is 0 Å². The number of ether oxygens (including phenoxy) is 4. The van der Waals surface area contributed by atoms with Crippen LogP contribution in [0.25, 0.3) is 0 Å². The number of aliphatic hydroxyl groups excluding tert-OH is 7. The molecule has 3 aliphatic rings. The third-order valence-corrected chi connectivity index (χ3v) is 6.68. The SMILES string of the molecule is C[C@H](N)[C@H]1O[C@@H](OC2C(O)[C@H](N)CC(N)[C@H]2O[C@H]2OC([C@H](O)CO)[C@@H](O)C(O)C2N)C(O)C1O. The van der Waals surface area contributed by atoms with Crippen molar-refractivity contribution in [3.63, 3.8) is 0 Å². The zero-order valence-electron chi connectivity index (χ0n) is 18.7. The molecular formula is C19H38N4O11. The molecule has 16 atom stereocenters. The molecule has 1 saturated carbocycles. The minimum atomic E-state index is -1.61. The van der Waals surface area contributed by atoms with Crippen molar-refractivity contribution in [2.45, 2.75) is 111 Å². The molecule has 15 N–H and O–H groups in total. The van der Waals surface area contributed by atoms with E-state index < -0.39 is 104 Å². The van der Waals surface area contributed by atoms with Gasteiger partial charge in [-0.3, -0.25) is 0 Å². The van der Waals surface area contributed by atoms with E-state index in [-0.39, 0.29) is 6.42 Å². The van der Waals surface area contributed by atoms with Crippen LogP contribution < -0.4 is 22.9 Å². The second-order valence-electron chi connectivity index (χ2n) is 9.34. The van der Waals surface area contributed by atoms with E-state index in [0.29, 0.717) is 0 Å². The first-order chi connectivity index (χ1) is 15.9. The van der Waals surface area contributed by atoms with E-state index >= 15 is 0 Å². The zero-order valence-corrected chi connectivity index (χ0v) is 18.7. The van der Waals surface area contributed by atoms with E-state index in [4.69, 9.17) is 41.9 Å². The summed E-state index contributed by atoms with van der Waals surface area (Å²) in [6.07, 6.45) is -16.5. The predicted molar refractivity (Wildman–Crippen MR) is 112 cm³/mol. The van der Waals surface area contributed by atoms with Crippen LogP contribution in [0, 0.1) is 0 Å². The fourth-order valence-electron chi connectivity index (χ4n) is 4.59. The third kappa shape index (κ3) is 5.39. The molecule has 0 aromatic heterocycles. The Morgan fingerprint density at radius 3 is 1.91 bits per heavy atom. The maximum absolute atomic E-state index is 10.7. The zero-order chi connectivity index (χ0) is 25.5. The summed E-state index contributed by atoms with van der Waals surface area (Å²) >= 11 is 0. The van der Waals surface area contributed by atoms with Crippen LogP contribution in [-0.2, 0) is 18.9 Å². The largest absolute Gasteiger partial charge is 0.394 e. The Labute approximate surface area is 196 Å². The molecule has 0 aromatic rings. The number of nitrogens with two attached hydrogens (primary N) is 4. The van der Waals surface area contributed by atoms with Gasteiger partial charge in [-0.2, -0.15) is 0 Å². The van der Waals surface area contributed by atoms with E-state index in [2.05, 4.69) is 0 Å². The summed E-state index contributed by atoms with van der Waals surface area (Å²) in [5.41, 5.74) is 23.9. The smallest absolute Gasteiger partial charge is 0.187 e. The van der Waals surface area contributed by atoms with Crippen molar-refractivity contribution in [1.82, 2.24) is 0 Å². The van der Waals surface area contributed by atoms with Gasteiger partial charge in [0.05, 0.1) is 18.8 Å². The minimum absolute atomic E-state index is 0.0979. The molecular weight excluding hydrogens is 460 g/mol. The lowest BCUT2D eigenvalue weighted by atomic mass is 9.84. The lowest BCUT2D eigenvalue weighted by molar-refractivity contribution is -0.317. The molecule has 15 nitrogen and oxygen atoms in total. The van der Waals surface area contributed by atoms with Gasteiger partial charge in [0.15, 0.2) is 12.6 Å². The highest BCUT2D eigenvalue weighted by Gasteiger charge is 2.53. The highest BCUT2D eigenvalue weighted by atomic mass is 16.7. The maximum atomic E-state index is 10.7. The van der Waals surface area contributed by atoms with Crippen molar-refractivity contribution in [1.29, 1.82) is 0 Å². The van der Waals surface area contributed by atoms with Gasteiger partial charge in [0, 0.05) is 18.1 Å². The van der Waals surface area contributed by atoms with Gasteiger partial charge >= 0.3 is 0 Å². The molecule has 2 aliphatic heterocycles. The van der Waals surface area contributed by atoms with E-state index in [1.807, 2.05) is 0 Å². The van der Waals surface area contributed by atoms with Crippen molar-refractivity contribution in [2.75, 3.05) is 6.61 Å². The number of hydrogen-bond acceptors (Lipinski definition) is 15. The number of aliphatic hydroxyl groups is 7. The lowest BCUT2D eigenvalue weighted by Gasteiger charge is -2.47. The van der Waals surface area contributed by atoms with Gasteiger partial charge in [-0.05, 0) is 13.3 Å². The van der Waals surface area contributed by atoms with Crippen LogP contribution in [0.1, 0.15) is 13.3 Å². The van der Waals surface area contributed by atoms with E-state index in [1.165, 1.54) is 0 Å². The molecule has 0 bridgehead atoms. The van der Waals surface area contributed by atoms with E-state index in [0.717, 1.165) is 0 Å². The summed E-state index contributed by atoms with van der Waals surface area (Å²) in [6.45, 7) is 0.813. The van der Waals surface area contributed by atoms with Crippen molar-refractivity contribution >= 4 is 0 Å². The van der Waals surface area contributed by atoms with Gasteiger partial charge in [0.1, 0.15) is 54.9 Å². The fourth-order valence-corrected chi connectivity index (χ4v) is 4.59. The average Bonchev–Trinajstić information content (AvgIpc) is 3.07. The summed E-state index contributed by atoms with van der Waals surface area (Å²) in [7, 11) is 0. The monoisotopic (exact) mass is 498 g/mol. The molecule has 1 aliphatic carbocycles. The average molecular weight is 499 g/mol. The van der Waals surface area contributed by atoms with Crippen molar-refractivity contribution in [3.8, 4) is 0 Å². The highest BCUT2D eigenvalue weighted by molar-refractivity contribution is 5.02. The standard InChI is InChI=1S/C19H38N4O11/c1-4(20)14-12(29)13(30)19(31-14)34-17-9(26)5(21)2-6(22)15(17)32-18-8(23)10(27)11(28)16(33-18)7(25)3-24/h4-19,24-30H,2-3,20-23H2,1H3/t4-,5+,6?,7+,8?,9?,10?,11-,12?,13?,14+,15+,16?,17?,18-,19-/m0/s1. The molecule has 3 fully saturated rings. The molecule has 0 aromatic carbocycles. The van der Waals surface area contributed by atoms with Gasteiger partial charge in [-0.15, -0.1) is 0 Å². The van der Waals surface area contributed by atoms with Crippen LogP contribution in [0.3, 0.4) is 0 Å². The Hall–Kier alpha value is -0.600. The Balaban J connectivity index is 1.80. The second-order valence-corrected chi connectivity index (χ2v) is 9.34. The van der Waals surface area contributed by atoms with E-state index in [1.54, 1.807) is 6.92 Å². The van der Waals surface area contributed by atoms with Gasteiger partial charge in [-0.1, -0.05) is 0 Å². The van der Waals surface area contributed by atoms with Crippen LogP contribution in [0.5, 0.6) is 0 Å². The Morgan fingerprint density at radius 2 is 1.35 bits per heavy atom. The molecule has 2 saturated heterocycles. The maximum Gasteiger partial charge on any atom is 0.187 e. The quantitative estimate of drug-likeness (QED) is 0.155. The van der Waals surface area contributed by atoms with Gasteiger partial charge < -0.3 is 77.6 Å². The van der Waals surface area contributed by atoms with Gasteiger partial charge in [-0.25, -0.2) is 0 Å². The Kier molecular flexibility index (Phi) is 9.22.